The average Bonchev–Trinajstić information content (AvgIpc) is 3.39. The normalized spacial score (nSPS) is 23.4. The highest BCUT2D eigenvalue weighted by molar-refractivity contribution is 5.94. The molecule has 2 aliphatic rings. The van der Waals surface area contributed by atoms with Crippen molar-refractivity contribution in [3.05, 3.63) is 45.7 Å². The quantitative estimate of drug-likeness (QED) is 0.454. The first-order valence-corrected chi connectivity index (χ1v) is 12.3. The van der Waals surface area contributed by atoms with Crippen LogP contribution in [0.25, 0.3) is 10.9 Å². The van der Waals surface area contributed by atoms with Crippen LogP contribution in [0.15, 0.2) is 29.1 Å². The van der Waals surface area contributed by atoms with Crippen LogP contribution in [0.5, 0.6) is 0 Å². The number of nitrogens with two attached hydrogens (primary N) is 2. The lowest BCUT2D eigenvalue weighted by Crippen LogP contribution is -2.59. The number of amides is 3. The minimum atomic E-state index is -1.13. The van der Waals surface area contributed by atoms with Gasteiger partial charge < -0.3 is 31.4 Å². The van der Waals surface area contributed by atoms with E-state index in [1.807, 2.05) is 45.9 Å². The van der Waals surface area contributed by atoms with Crippen LogP contribution in [0.4, 0.5) is 0 Å². The molecule has 0 aliphatic carbocycles. The largest absolute Gasteiger partial charge is 0.376 e. The van der Waals surface area contributed by atoms with E-state index in [0.717, 1.165) is 10.9 Å². The molecule has 6 N–H and O–H groups in total. The zero-order valence-electron chi connectivity index (χ0n) is 21.2. The maximum absolute atomic E-state index is 13.4. The maximum Gasteiger partial charge on any atom is 0.251 e. The molecule has 0 saturated carbocycles. The summed E-state index contributed by atoms with van der Waals surface area (Å²) in [7, 11) is 0. The Balaban J connectivity index is 1.57. The fraction of sp³-hybridized carbons (Fsp3) is 0.538. The number of H-pyrrole nitrogens is 1. The van der Waals surface area contributed by atoms with Gasteiger partial charge in [-0.2, -0.15) is 0 Å². The molecule has 1 aromatic heterocycles. The lowest BCUT2D eigenvalue weighted by Gasteiger charge is -2.35. The van der Waals surface area contributed by atoms with Crippen molar-refractivity contribution in [3.63, 3.8) is 0 Å². The van der Waals surface area contributed by atoms with Gasteiger partial charge in [0.15, 0.2) is 0 Å². The predicted molar refractivity (Wildman–Crippen MR) is 135 cm³/mol. The van der Waals surface area contributed by atoms with Gasteiger partial charge in [0, 0.05) is 30.5 Å². The molecule has 194 valence electrons. The number of pyridine rings is 1. The number of carbonyl (C=O) groups is 3. The highest BCUT2D eigenvalue weighted by Gasteiger charge is 2.51. The van der Waals surface area contributed by atoms with Gasteiger partial charge in [-0.15, -0.1) is 0 Å². The molecular weight excluding hydrogens is 462 g/mol. The molecule has 0 bridgehead atoms. The number of aromatic amines is 1. The fourth-order valence-electron chi connectivity index (χ4n) is 5.06. The van der Waals surface area contributed by atoms with Gasteiger partial charge in [-0.25, -0.2) is 0 Å². The van der Waals surface area contributed by atoms with Gasteiger partial charge in [0.2, 0.25) is 17.7 Å². The van der Waals surface area contributed by atoms with Crippen molar-refractivity contribution in [2.45, 2.75) is 77.2 Å². The van der Waals surface area contributed by atoms with Crippen LogP contribution in [-0.4, -0.2) is 64.5 Å². The summed E-state index contributed by atoms with van der Waals surface area (Å²) in [5.74, 6) is -1.61. The molecule has 3 heterocycles. The highest BCUT2D eigenvalue weighted by Crippen LogP contribution is 2.35. The van der Waals surface area contributed by atoms with Crippen LogP contribution < -0.4 is 22.3 Å². The van der Waals surface area contributed by atoms with Crippen molar-refractivity contribution in [2.24, 2.45) is 16.9 Å². The molecule has 10 nitrogen and oxygen atoms in total. The molecule has 1 unspecified atom stereocenters. The first kappa shape index (κ1) is 25.8. The van der Waals surface area contributed by atoms with Gasteiger partial charge in [-0.1, -0.05) is 32.4 Å². The predicted octanol–water partition coefficient (Wildman–Crippen LogP) is 0.481. The van der Waals surface area contributed by atoms with Crippen molar-refractivity contribution in [1.29, 1.82) is 0 Å². The monoisotopic (exact) mass is 497 g/mol. The van der Waals surface area contributed by atoms with Crippen molar-refractivity contribution in [1.82, 2.24) is 15.2 Å². The molecule has 2 aromatic rings. The second kappa shape index (κ2) is 9.67. The molecule has 2 saturated heterocycles. The van der Waals surface area contributed by atoms with E-state index in [1.54, 1.807) is 6.07 Å². The topological polar surface area (TPSA) is 161 Å². The third kappa shape index (κ3) is 5.01. The summed E-state index contributed by atoms with van der Waals surface area (Å²) in [5.41, 5.74) is 13.1. The number of benzene rings is 1. The molecule has 2 aliphatic heterocycles. The van der Waals surface area contributed by atoms with Crippen molar-refractivity contribution in [2.75, 3.05) is 6.61 Å². The number of carbonyl (C=O) groups excluding carboxylic acids is 3. The number of nitrogens with one attached hydrogen (secondary N) is 2. The number of fused-ring (bicyclic) bond motifs is 2. The van der Waals surface area contributed by atoms with Gasteiger partial charge in [0.05, 0.1) is 18.2 Å². The standard InChI is InChI=1S/C26H35N5O5/c1-13-5-6-16-14(9-13)10-15(23(33)29-16)11-17(22(28)32)30-24(34)19-12-20-18(7-8-36-20)31(19)25(35)21(27)26(2,3)4/h5-6,9-10,17-21H,7-8,11-12,27H2,1-4H3,(H2,28,32)(H,29,33)(H,30,34)/t17-,18+,19?,20+,21+/m0/s1. The molecule has 5 atom stereocenters. The first-order chi connectivity index (χ1) is 16.9. The van der Waals surface area contributed by atoms with Crippen LogP contribution in [0.1, 0.15) is 44.7 Å². The Morgan fingerprint density at radius 3 is 2.64 bits per heavy atom. The minimum absolute atomic E-state index is 0.0776. The third-order valence-electron chi connectivity index (χ3n) is 7.24. The van der Waals surface area contributed by atoms with Crippen LogP contribution >= 0.6 is 0 Å². The summed E-state index contributed by atoms with van der Waals surface area (Å²) >= 11 is 0. The number of likely N-dealkylation sites (tertiary alicyclic amines) is 1. The third-order valence-corrected chi connectivity index (χ3v) is 7.24. The van der Waals surface area contributed by atoms with E-state index in [2.05, 4.69) is 10.3 Å². The summed E-state index contributed by atoms with van der Waals surface area (Å²) in [6.07, 6.45) is 0.574. The Hall–Kier alpha value is -3.24. The number of rotatable bonds is 6. The number of aryl methyl sites for hydroxylation is 1. The molecular formula is C26H35N5O5. The second-order valence-corrected chi connectivity index (χ2v) is 11.0. The Kier molecular flexibility index (Phi) is 6.94. The SMILES string of the molecule is Cc1ccc2[nH]c(=O)c(C[C@H](NC(=O)C3C[C@H]4OCC[C@H]4N3C(=O)[C@@H](N)C(C)(C)C)C(N)=O)cc2c1. The molecule has 4 rings (SSSR count). The summed E-state index contributed by atoms with van der Waals surface area (Å²) in [4.78, 5) is 56.1. The Morgan fingerprint density at radius 2 is 1.97 bits per heavy atom. The zero-order valence-corrected chi connectivity index (χ0v) is 21.2. The first-order valence-electron chi connectivity index (χ1n) is 12.3. The summed E-state index contributed by atoms with van der Waals surface area (Å²) in [6, 6.07) is 4.30. The van der Waals surface area contributed by atoms with Crippen molar-refractivity contribution >= 4 is 28.6 Å². The van der Waals surface area contributed by atoms with Gasteiger partial charge in [-0.3, -0.25) is 19.2 Å². The van der Waals surface area contributed by atoms with E-state index >= 15 is 0 Å². The van der Waals surface area contributed by atoms with Gasteiger partial charge in [-0.05, 0) is 42.3 Å². The average molecular weight is 498 g/mol. The van der Waals surface area contributed by atoms with Gasteiger partial charge in [0.25, 0.3) is 5.56 Å². The lowest BCUT2D eigenvalue weighted by molar-refractivity contribution is -0.143. The summed E-state index contributed by atoms with van der Waals surface area (Å²) < 4.78 is 5.77. The van der Waals surface area contributed by atoms with Gasteiger partial charge >= 0.3 is 0 Å². The highest BCUT2D eigenvalue weighted by atomic mass is 16.5. The van der Waals surface area contributed by atoms with E-state index in [1.165, 1.54) is 4.90 Å². The molecule has 1 aromatic carbocycles. The number of aromatic nitrogens is 1. The summed E-state index contributed by atoms with van der Waals surface area (Å²) in [5, 5.41) is 3.50. The molecule has 0 spiro atoms. The van der Waals surface area contributed by atoms with Crippen LogP contribution in [0.2, 0.25) is 0 Å². The van der Waals surface area contributed by atoms with Crippen LogP contribution in [-0.2, 0) is 25.5 Å². The van der Waals surface area contributed by atoms with Gasteiger partial charge in [0.1, 0.15) is 12.1 Å². The van der Waals surface area contributed by atoms with E-state index in [-0.39, 0.29) is 30.0 Å². The Labute approximate surface area is 209 Å². The van der Waals surface area contributed by atoms with E-state index in [4.69, 9.17) is 16.2 Å². The Morgan fingerprint density at radius 1 is 1.25 bits per heavy atom. The number of ether oxygens (including phenoxy) is 1. The molecule has 0 radical (unpaired) electrons. The lowest BCUT2D eigenvalue weighted by atomic mass is 9.86. The maximum atomic E-state index is 13.4. The number of hydrogen-bond acceptors (Lipinski definition) is 6. The molecule has 3 amide bonds. The smallest absolute Gasteiger partial charge is 0.251 e. The molecule has 36 heavy (non-hydrogen) atoms. The molecule has 10 heteroatoms. The summed E-state index contributed by atoms with van der Waals surface area (Å²) in [6.45, 7) is 8.06. The number of nitrogens with zero attached hydrogens (tertiary/aromatic N) is 1. The zero-order chi connectivity index (χ0) is 26.4. The van der Waals surface area contributed by atoms with Crippen molar-refractivity contribution in [3.8, 4) is 0 Å². The Bertz CT molecular complexity index is 1250. The number of hydrogen-bond donors (Lipinski definition) is 4. The number of primary amides is 1. The van der Waals surface area contributed by atoms with Crippen LogP contribution in [0.3, 0.4) is 0 Å². The van der Waals surface area contributed by atoms with Crippen LogP contribution in [0, 0.1) is 12.3 Å². The van der Waals surface area contributed by atoms with E-state index < -0.39 is 35.4 Å². The van der Waals surface area contributed by atoms with E-state index in [9.17, 15) is 19.2 Å². The minimum Gasteiger partial charge on any atom is -0.376 e. The second-order valence-electron chi connectivity index (χ2n) is 11.0. The van der Waals surface area contributed by atoms with Crippen molar-refractivity contribution < 1.29 is 19.1 Å². The van der Waals surface area contributed by atoms with E-state index in [0.29, 0.717) is 30.5 Å². The fourth-order valence-corrected chi connectivity index (χ4v) is 5.06. The molecule has 2 fully saturated rings.